The summed E-state index contributed by atoms with van der Waals surface area (Å²) in [6, 6.07) is 7.91. The third-order valence-electron chi connectivity index (χ3n) is 2.07. The molecule has 0 aromatic heterocycles. The topological polar surface area (TPSA) is 86.7 Å². The van der Waals surface area contributed by atoms with Crippen LogP contribution in [-0.2, 0) is 23.4 Å². The summed E-state index contributed by atoms with van der Waals surface area (Å²) in [5, 5.41) is 0. The molecule has 1 rings (SSSR count). The maximum atomic E-state index is 12.1. The van der Waals surface area contributed by atoms with E-state index >= 15 is 0 Å². The van der Waals surface area contributed by atoms with E-state index in [-0.39, 0.29) is 12.2 Å². The zero-order valence-corrected chi connectivity index (χ0v) is 12.3. The van der Waals surface area contributed by atoms with Gasteiger partial charge in [-0.3, -0.25) is 9.36 Å². The molecule has 106 valence electrons. The lowest BCUT2D eigenvalue weighted by molar-refractivity contribution is 0.0877. The standard InChI is InChI=1S/C11H15O6PS/c1-3-16-18(13)11(17-19(2,14)15)10(12)9-7-5-4-6-8-9/h4-8,11,18H,3H2,1-2H3. The van der Waals surface area contributed by atoms with E-state index in [2.05, 4.69) is 4.18 Å². The van der Waals surface area contributed by atoms with Crippen molar-refractivity contribution in [1.29, 1.82) is 0 Å². The van der Waals surface area contributed by atoms with Crippen molar-refractivity contribution in [2.75, 3.05) is 12.9 Å². The molecule has 0 saturated heterocycles. The Kier molecular flexibility index (Phi) is 5.87. The summed E-state index contributed by atoms with van der Waals surface area (Å²) in [5.74, 6) is -2.30. The van der Waals surface area contributed by atoms with Gasteiger partial charge in [0.1, 0.15) is 0 Å². The molecule has 0 aliphatic rings. The monoisotopic (exact) mass is 306 g/mol. The SMILES string of the molecule is CCO[PH](=O)C(OS(C)(=O)=O)C(=O)c1ccccc1. The van der Waals surface area contributed by atoms with E-state index < -0.39 is 29.8 Å². The molecule has 0 amide bonds. The summed E-state index contributed by atoms with van der Waals surface area (Å²) in [6.07, 6.45) is 0.791. The lowest BCUT2D eigenvalue weighted by atomic mass is 10.1. The van der Waals surface area contributed by atoms with Gasteiger partial charge in [-0.1, -0.05) is 30.3 Å². The second-order valence-electron chi connectivity index (χ2n) is 3.66. The van der Waals surface area contributed by atoms with Gasteiger partial charge in [0, 0.05) is 5.56 Å². The van der Waals surface area contributed by atoms with Gasteiger partial charge in [0.2, 0.25) is 19.7 Å². The van der Waals surface area contributed by atoms with Crippen molar-refractivity contribution in [2.24, 2.45) is 0 Å². The minimum absolute atomic E-state index is 0.101. The minimum Gasteiger partial charge on any atom is -0.329 e. The van der Waals surface area contributed by atoms with Crippen LogP contribution in [0.25, 0.3) is 0 Å². The Balaban J connectivity index is 3.03. The zero-order chi connectivity index (χ0) is 14.5. The Morgan fingerprint density at radius 1 is 1.32 bits per heavy atom. The molecular weight excluding hydrogens is 291 g/mol. The van der Waals surface area contributed by atoms with Gasteiger partial charge in [0.05, 0.1) is 12.9 Å². The van der Waals surface area contributed by atoms with Gasteiger partial charge in [0.15, 0.2) is 0 Å². The van der Waals surface area contributed by atoms with Crippen LogP contribution in [0.15, 0.2) is 30.3 Å². The third kappa shape index (κ3) is 5.24. The molecule has 0 aliphatic heterocycles. The molecule has 1 aromatic carbocycles. The molecule has 0 heterocycles. The van der Waals surface area contributed by atoms with Crippen molar-refractivity contribution in [3.8, 4) is 0 Å². The van der Waals surface area contributed by atoms with Crippen LogP contribution in [0.2, 0.25) is 0 Å². The van der Waals surface area contributed by atoms with Crippen molar-refractivity contribution in [1.82, 2.24) is 0 Å². The van der Waals surface area contributed by atoms with Crippen molar-refractivity contribution < 1.29 is 26.5 Å². The van der Waals surface area contributed by atoms with Gasteiger partial charge in [-0.15, -0.1) is 0 Å². The Bertz CT molecular complexity index is 554. The molecule has 0 N–H and O–H groups in total. The Morgan fingerprint density at radius 2 is 1.89 bits per heavy atom. The first-order valence-corrected chi connectivity index (χ1v) is 8.70. The maximum absolute atomic E-state index is 12.1. The van der Waals surface area contributed by atoms with Crippen molar-refractivity contribution >= 4 is 23.9 Å². The van der Waals surface area contributed by atoms with Crippen molar-refractivity contribution in [2.45, 2.75) is 12.8 Å². The van der Waals surface area contributed by atoms with Crippen LogP contribution in [0, 0.1) is 0 Å². The Morgan fingerprint density at radius 3 is 2.37 bits per heavy atom. The van der Waals surface area contributed by atoms with Crippen LogP contribution < -0.4 is 0 Å². The first kappa shape index (κ1) is 16.0. The fraction of sp³-hybridized carbons (Fsp3) is 0.364. The molecule has 0 bridgehead atoms. The summed E-state index contributed by atoms with van der Waals surface area (Å²) in [4.78, 5) is 12.1. The minimum atomic E-state index is -3.92. The maximum Gasteiger partial charge on any atom is 0.265 e. The quantitative estimate of drug-likeness (QED) is 0.433. The van der Waals surface area contributed by atoms with Crippen LogP contribution in [0.5, 0.6) is 0 Å². The molecule has 6 nitrogen and oxygen atoms in total. The van der Waals surface area contributed by atoms with E-state index in [1.54, 1.807) is 25.1 Å². The smallest absolute Gasteiger partial charge is 0.265 e. The second-order valence-corrected chi connectivity index (χ2v) is 6.71. The summed E-state index contributed by atoms with van der Waals surface area (Å²) in [6.45, 7) is 1.69. The van der Waals surface area contributed by atoms with Crippen molar-refractivity contribution in [3.63, 3.8) is 0 Å². The fourth-order valence-electron chi connectivity index (χ4n) is 1.34. The normalized spacial score (nSPS) is 14.8. The highest BCUT2D eigenvalue weighted by molar-refractivity contribution is 7.86. The molecule has 0 fully saturated rings. The summed E-state index contributed by atoms with van der Waals surface area (Å²) in [5.41, 5.74) is 0.217. The molecule has 2 unspecified atom stereocenters. The van der Waals surface area contributed by atoms with Gasteiger partial charge in [0.25, 0.3) is 10.1 Å². The van der Waals surface area contributed by atoms with Gasteiger partial charge < -0.3 is 4.52 Å². The molecule has 0 saturated carbocycles. The molecule has 2 atom stereocenters. The lowest BCUT2D eigenvalue weighted by Gasteiger charge is -2.14. The molecular formula is C11H15O6PS. The first-order valence-electron chi connectivity index (χ1n) is 5.49. The van der Waals surface area contributed by atoms with Gasteiger partial charge in [-0.2, -0.15) is 8.42 Å². The van der Waals surface area contributed by atoms with Crippen LogP contribution in [0.3, 0.4) is 0 Å². The van der Waals surface area contributed by atoms with E-state index in [0.29, 0.717) is 0 Å². The van der Waals surface area contributed by atoms with Crippen LogP contribution in [0.4, 0.5) is 0 Å². The van der Waals surface area contributed by atoms with E-state index in [0.717, 1.165) is 6.26 Å². The summed E-state index contributed by atoms with van der Waals surface area (Å²) < 4.78 is 43.5. The molecule has 8 heteroatoms. The van der Waals surface area contributed by atoms with E-state index in [1.807, 2.05) is 0 Å². The second kappa shape index (κ2) is 6.96. The number of Topliss-reactive ketones (excluding diaryl/α,β-unsaturated/α-hetero) is 1. The van der Waals surface area contributed by atoms with Crippen LogP contribution in [-0.4, -0.2) is 32.9 Å². The number of benzene rings is 1. The highest BCUT2D eigenvalue weighted by atomic mass is 32.2. The van der Waals surface area contributed by atoms with Gasteiger partial charge in [-0.25, -0.2) is 4.18 Å². The summed E-state index contributed by atoms with van der Waals surface area (Å²) >= 11 is 0. The summed E-state index contributed by atoms with van der Waals surface area (Å²) in [7, 11) is -6.87. The third-order valence-corrected chi connectivity index (χ3v) is 4.16. The zero-order valence-electron chi connectivity index (χ0n) is 10.5. The fourth-order valence-corrected chi connectivity index (χ4v) is 3.43. The number of hydrogen-bond acceptors (Lipinski definition) is 6. The number of ketones is 1. The number of carbonyl (C=O) groups excluding carboxylic acids is 1. The number of rotatable bonds is 7. The van der Waals surface area contributed by atoms with Gasteiger partial charge in [-0.05, 0) is 6.92 Å². The van der Waals surface area contributed by atoms with E-state index in [1.165, 1.54) is 12.1 Å². The van der Waals surface area contributed by atoms with Crippen molar-refractivity contribution in [3.05, 3.63) is 35.9 Å². The predicted molar refractivity (Wildman–Crippen MR) is 71.1 cm³/mol. The largest absolute Gasteiger partial charge is 0.329 e. The molecule has 0 radical (unpaired) electrons. The highest BCUT2D eigenvalue weighted by Crippen LogP contribution is 2.33. The molecule has 0 aliphatic carbocycles. The average molecular weight is 306 g/mol. The van der Waals surface area contributed by atoms with Gasteiger partial charge >= 0.3 is 0 Å². The van der Waals surface area contributed by atoms with E-state index in [9.17, 15) is 17.8 Å². The molecule has 0 spiro atoms. The average Bonchev–Trinajstić information content (AvgIpc) is 2.35. The molecule has 1 aromatic rings. The number of carbonyl (C=O) groups is 1. The Hall–Kier alpha value is -1.01. The lowest BCUT2D eigenvalue weighted by Crippen LogP contribution is -2.24. The number of hydrogen-bond donors (Lipinski definition) is 0. The van der Waals surface area contributed by atoms with Crippen LogP contribution in [0.1, 0.15) is 17.3 Å². The van der Waals surface area contributed by atoms with Crippen LogP contribution >= 0.6 is 8.03 Å². The van der Waals surface area contributed by atoms with E-state index in [4.69, 9.17) is 4.52 Å². The first-order chi connectivity index (χ1) is 8.85. The predicted octanol–water partition coefficient (Wildman–Crippen LogP) is 1.68. The highest BCUT2D eigenvalue weighted by Gasteiger charge is 2.31. The molecule has 19 heavy (non-hydrogen) atoms. The Labute approximate surface area is 112 Å².